The highest BCUT2D eigenvalue weighted by molar-refractivity contribution is 5.09. The fourth-order valence-corrected chi connectivity index (χ4v) is 14.6. The normalized spacial score (nSPS) is 54.0. The van der Waals surface area contributed by atoms with E-state index in [9.17, 15) is 0 Å². The van der Waals surface area contributed by atoms with Gasteiger partial charge in [-0.3, -0.25) is 10.6 Å². The second kappa shape index (κ2) is 12.5. The maximum atomic E-state index is 7.31. The summed E-state index contributed by atoms with van der Waals surface area (Å²) in [6, 6.07) is 1.56. The van der Waals surface area contributed by atoms with Crippen LogP contribution >= 0.6 is 0 Å². The van der Waals surface area contributed by atoms with Gasteiger partial charge in [0.15, 0.2) is 0 Å². The van der Waals surface area contributed by atoms with Crippen LogP contribution in [0.4, 0.5) is 0 Å². The third-order valence-corrected chi connectivity index (χ3v) is 16.5. The summed E-state index contributed by atoms with van der Waals surface area (Å²) in [6.45, 7) is 0. The summed E-state index contributed by atoms with van der Waals surface area (Å²) in [4.78, 5) is 0. The summed E-state index contributed by atoms with van der Waals surface area (Å²) in [7, 11) is 0. The molecule has 43 heavy (non-hydrogen) atoms. The van der Waals surface area contributed by atoms with Crippen molar-refractivity contribution in [3.63, 3.8) is 0 Å². The lowest BCUT2D eigenvalue weighted by Crippen LogP contribution is -2.69. The van der Waals surface area contributed by atoms with Gasteiger partial charge in [0, 0.05) is 12.1 Å². The minimum atomic E-state index is 0.543. The molecule has 9 fully saturated rings. The summed E-state index contributed by atoms with van der Waals surface area (Å²) in [5, 5.41) is 8.96. The molecule has 3 heteroatoms. The van der Waals surface area contributed by atoms with Gasteiger partial charge in [0.05, 0.1) is 18.4 Å². The van der Waals surface area contributed by atoms with Gasteiger partial charge in [-0.15, -0.1) is 0 Å². The van der Waals surface area contributed by atoms with Crippen LogP contribution in [0, 0.1) is 65.1 Å². The largest absolute Gasteiger partial charge is 0.374 e. The highest BCUT2D eigenvalue weighted by Gasteiger charge is 2.58. The summed E-state index contributed by atoms with van der Waals surface area (Å²) >= 11 is 0. The molecule has 7 aliphatic carbocycles. The second-order valence-electron chi connectivity index (χ2n) is 18.2. The third kappa shape index (κ3) is 5.42. The maximum Gasteiger partial charge on any atom is 0.0617 e. The van der Waals surface area contributed by atoms with Crippen LogP contribution < -0.4 is 10.6 Å². The highest BCUT2D eigenvalue weighted by atomic mass is 16.5. The highest BCUT2D eigenvalue weighted by Crippen LogP contribution is 2.59. The number of hydrogen-bond acceptors (Lipinski definition) is 3. The maximum absolute atomic E-state index is 7.31. The average Bonchev–Trinajstić information content (AvgIpc) is 3.45. The molecule has 242 valence electrons. The Morgan fingerprint density at radius 3 is 1.86 bits per heavy atom. The van der Waals surface area contributed by atoms with Gasteiger partial charge in [-0.25, -0.2) is 0 Å². The van der Waals surface area contributed by atoms with Crippen molar-refractivity contribution in [2.75, 3.05) is 0 Å². The van der Waals surface area contributed by atoms with Gasteiger partial charge in [-0.05, 0) is 136 Å². The molecule has 2 N–H and O–H groups in total. The molecule has 0 aromatic carbocycles. The van der Waals surface area contributed by atoms with Crippen LogP contribution in [0.1, 0.15) is 154 Å². The van der Waals surface area contributed by atoms with Crippen LogP contribution in [-0.4, -0.2) is 30.5 Å². The molecule has 7 saturated carbocycles. The van der Waals surface area contributed by atoms with Gasteiger partial charge in [-0.1, -0.05) is 83.5 Å². The summed E-state index contributed by atoms with van der Waals surface area (Å²) in [5.74, 6) is 10.4. The first-order valence-corrected chi connectivity index (χ1v) is 20.5. The van der Waals surface area contributed by atoms with Crippen molar-refractivity contribution in [1.29, 1.82) is 0 Å². The van der Waals surface area contributed by atoms with E-state index >= 15 is 0 Å². The number of hydrogen-bond donors (Lipinski definition) is 2. The second-order valence-corrected chi connectivity index (χ2v) is 18.2. The molecular formula is C40H66N2O. The van der Waals surface area contributed by atoms with Crippen LogP contribution in [0.15, 0.2) is 0 Å². The van der Waals surface area contributed by atoms with E-state index in [1.165, 1.54) is 128 Å². The quantitative estimate of drug-likeness (QED) is 0.344. The van der Waals surface area contributed by atoms with E-state index < -0.39 is 0 Å². The number of nitrogens with one attached hydrogen (secondary N) is 2. The van der Waals surface area contributed by atoms with Crippen LogP contribution in [0.25, 0.3) is 0 Å². The molecule has 9 rings (SSSR count). The smallest absolute Gasteiger partial charge is 0.0617 e. The first kappa shape index (κ1) is 29.1. The molecule has 2 aliphatic heterocycles. The average molecular weight is 591 g/mol. The molecule has 9 aliphatic rings. The molecule has 15 atom stereocenters. The third-order valence-electron chi connectivity index (χ3n) is 16.5. The van der Waals surface area contributed by atoms with E-state index in [-0.39, 0.29) is 0 Å². The molecule has 15 unspecified atom stereocenters. The zero-order valence-corrected chi connectivity index (χ0v) is 27.6. The number of ether oxygens (including phenoxy) is 1. The van der Waals surface area contributed by atoms with Crippen molar-refractivity contribution in [1.82, 2.24) is 10.6 Å². The minimum absolute atomic E-state index is 0.543. The molecule has 0 amide bonds. The summed E-state index contributed by atoms with van der Waals surface area (Å²) < 4.78 is 7.31. The molecule has 3 nitrogen and oxygen atoms in total. The predicted molar refractivity (Wildman–Crippen MR) is 175 cm³/mol. The lowest BCUT2D eigenvalue weighted by molar-refractivity contribution is -0.0752. The Kier molecular flexibility index (Phi) is 8.43. The van der Waals surface area contributed by atoms with Crippen molar-refractivity contribution in [3.05, 3.63) is 0 Å². The molecule has 2 heterocycles. The standard InChI is InChI=1S/C40H66N2O/c1-2-10-25(11-3-1)28-20-21-33-36(23-28)43-37-24-34(30-14-6-7-15-31(30)38(33)37)40-41-35-17-9-8-16-32(35)39(42-40)29-19-18-26-12-4-5-13-27(26)22-29/h25-42H,1-24H2. The van der Waals surface area contributed by atoms with Crippen LogP contribution in [0.5, 0.6) is 0 Å². The number of fused-ring (bicyclic) bond motifs is 7. The van der Waals surface area contributed by atoms with Crippen LogP contribution in [0.3, 0.4) is 0 Å². The van der Waals surface area contributed by atoms with Gasteiger partial charge in [0.1, 0.15) is 0 Å². The topological polar surface area (TPSA) is 33.3 Å². The Bertz CT molecular complexity index is 947. The molecule has 2 saturated heterocycles. The SMILES string of the molecule is C1CCC(C2CCC3C(C2)OC2CC(C4NC5CCCCC5C(C5CCC6CCCCC6C5)N4)C4CCCCC4C23)CC1. The first-order chi connectivity index (χ1) is 21.3. The monoisotopic (exact) mass is 591 g/mol. The molecule has 0 aromatic rings. The van der Waals surface area contributed by atoms with Gasteiger partial charge in [0.25, 0.3) is 0 Å². The Labute approximate surface area is 264 Å². The van der Waals surface area contributed by atoms with Crippen LogP contribution in [0.2, 0.25) is 0 Å². The minimum Gasteiger partial charge on any atom is -0.374 e. The first-order valence-electron chi connectivity index (χ1n) is 20.5. The molecule has 0 radical (unpaired) electrons. The fourth-order valence-electron chi connectivity index (χ4n) is 14.6. The molecule has 0 aromatic heterocycles. The van der Waals surface area contributed by atoms with Gasteiger partial charge in [0.2, 0.25) is 0 Å². The Hall–Kier alpha value is -0.120. The van der Waals surface area contributed by atoms with Crippen molar-refractivity contribution in [2.45, 2.75) is 185 Å². The lowest BCUT2D eigenvalue weighted by atomic mass is 9.55. The van der Waals surface area contributed by atoms with Gasteiger partial charge >= 0.3 is 0 Å². The molecule has 0 bridgehead atoms. The van der Waals surface area contributed by atoms with Gasteiger partial charge < -0.3 is 4.74 Å². The zero-order valence-electron chi connectivity index (χ0n) is 27.6. The Morgan fingerprint density at radius 2 is 1.00 bits per heavy atom. The summed E-state index contributed by atoms with van der Waals surface area (Å²) in [6.07, 6.45) is 37.6. The fraction of sp³-hybridized carbons (Fsp3) is 1.00. The van der Waals surface area contributed by atoms with Gasteiger partial charge in [-0.2, -0.15) is 0 Å². The van der Waals surface area contributed by atoms with Crippen molar-refractivity contribution >= 4 is 0 Å². The van der Waals surface area contributed by atoms with Crippen molar-refractivity contribution in [3.8, 4) is 0 Å². The summed E-state index contributed by atoms with van der Waals surface area (Å²) in [5.41, 5.74) is 0. The van der Waals surface area contributed by atoms with Crippen LogP contribution in [-0.2, 0) is 4.74 Å². The lowest BCUT2D eigenvalue weighted by Gasteiger charge is -2.56. The Balaban J connectivity index is 0.939. The Morgan fingerprint density at radius 1 is 0.372 bits per heavy atom. The predicted octanol–water partition coefficient (Wildman–Crippen LogP) is 9.25. The van der Waals surface area contributed by atoms with E-state index in [0.29, 0.717) is 18.4 Å². The van der Waals surface area contributed by atoms with E-state index in [4.69, 9.17) is 4.74 Å². The van der Waals surface area contributed by atoms with E-state index in [0.717, 1.165) is 77.2 Å². The van der Waals surface area contributed by atoms with E-state index in [1.807, 2.05) is 0 Å². The van der Waals surface area contributed by atoms with Crippen molar-refractivity contribution < 1.29 is 4.74 Å². The van der Waals surface area contributed by atoms with Crippen molar-refractivity contribution in [2.24, 2.45) is 65.1 Å². The van der Waals surface area contributed by atoms with E-state index in [2.05, 4.69) is 10.6 Å². The molecule has 0 spiro atoms. The van der Waals surface area contributed by atoms with E-state index in [1.54, 1.807) is 25.7 Å². The zero-order chi connectivity index (χ0) is 28.3. The number of rotatable bonds is 3. The molecular weight excluding hydrogens is 524 g/mol.